The van der Waals surface area contributed by atoms with Crippen LogP contribution < -0.4 is 5.32 Å². The van der Waals surface area contributed by atoms with E-state index < -0.39 is 18.5 Å². The maximum atomic E-state index is 12.9. The number of pyridine rings is 1. The van der Waals surface area contributed by atoms with Crippen molar-refractivity contribution in [2.45, 2.75) is 53.5 Å². The molecule has 0 saturated carbocycles. The summed E-state index contributed by atoms with van der Waals surface area (Å²) in [6.07, 6.45) is 1.59. The van der Waals surface area contributed by atoms with Crippen molar-refractivity contribution in [3.05, 3.63) is 52.8 Å². The second-order valence-electron chi connectivity index (χ2n) is 9.31. The minimum Gasteiger partial charge on any atom is -0.452 e. The van der Waals surface area contributed by atoms with Crippen LogP contribution in [0.3, 0.4) is 0 Å². The molecule has 0 aliphatic rings. The standard InChI is InChI=1S/C26H33N5O4/c1-15(2)21-11-19(20-12-27-31(16(3)4)25(20)28-21)26(34)35-14-23(33)30(7)13-22(32)29-24-17(5)9-8-10-18(24)6/h8-12,15-16H,13-14H2,1-7H3,(H,29,32). The molecule has 2 heterocycles. The summed E-state index contributed by atoms with van der Waals surface area (Å²) in [5, 5.41) is 7.79. The Morgan fingerprint density at radius 3 is 2.37 bits per heavy atom. The Morgan fingerprint density at radius 2 is 1.77 bits per heavy atom. The minimum absolute atomic E-state index is 0.0658. The molecular weight excluding hydrogens is 446 g/mol. The summed E-state index contributed by atoms with van der Waals surface area (Å²) in [7, 11) is 1.49. The maximum Gasteiger partial charge on any atom is 0.339 e. The minimum atomic E-state index is -0.635. The number of likely N-dealkylation sites (N-methyl/N-ethyl adjacent to an activating group) is 1. The van der Waals surface area contributed by atoms with E-state index in [9.17, 15) is 14.4 Å². The van der Waals surface area contributed by atoms with E-state index in [0.717, 1.165) is 22.5 Å². The normalized spacial score (nSPS) is 11.2. The molecule has 0 aliphatic heterocycles. The van der Waals surface area contributed by atoms with Crippen molar-refractivity contribution in [2.75, 3.05) is 25.5 Å². The Kier molecular flexibility index (Phi) is 7.89. The monoisotopic (exact) mass is 479 g/mol. The molecule has 0 saturated heterocycles. The highest BCUT2D eigenvalue weighted by Crippen LogP contribution is 2.25. The number of hydrogen-bond acceptors (Lipinski definition) is 6. The molecule has 0 unspecified atom stereocenters. The Bertz CT molecular complexity index is 1240. The summed E-state index contributed by atoms with van der Waals surface area (Å²) in [4.78, 5) is 43.9. The fourth-order valence-electron chi connectivity index (χ4n) is 3.69. The van der Waals surface area contributed by atoms with E-state index in [-0.39, 0.29) is 24.4 Å². The van der Waals surface area contributed by atoms with Crippen LogP contribution in [-0.4, -0.2) is 57.6 Å². The van der Waals surface area contributed by atoms with E-state index >= 15 is 0 Å². The van der Waals surface area contributed by atoms with Crippen LogP contribution in [0, 0.1) is 13.8 Å². The third-order valence-corrected chi connectivity index (χ3v) is 5.77. The van der Waals surface area contributed by atoms with Crippen LogP contribution in [0.1, 0.15) is 66.8 Å². The van der Waals surface area contributed by atoms with Crippen LogP contribution >= 0.6 is 0 Å². The van der Waals surface area contributed by atoms with Gasteiger partial charge in [-0.25, -0.2) is 14.5 Å². The van der Waals surface area contributed by atoms with Crippen LogP contribution in [0.4, 0.5) is 5.69 Å². The average Bonchev–Trinajstić information content (AvgIpc) is 3.23. The number of benzene rings is 1. The van der Waals surface area contributed by atoms with Crippen molar-refractivity contribution in [1.29, 1.82) is 0 Å². The largest absolute Gasteiger partial charge is 0.452 e. The maximum absolute atomic E-state index is 12.9. The van der Waals surface area contributed by atoms with Gasteiger partial charge >= 0.3 is 5.97 Å². The summed E-state index contributed by atoms with van der Waals surface area (Å²) in [5.41, 5.74) is 4.25. The number of nitrogens with one attached hydrogen (secondary N) is 1. The van der Waals surface area contributed by atoms with Gasteiger partial charge in [0.25, 0.3) is 5.91 Å². The molecule has 0 atom stereocenters. The highest BCUT2D eigenvalue weighted by molar-refractivity contribution is 6.03. The van der Waals surface area contributed by atoms with Crippen molar-refractivity contribution in [3.8, 4) is 0 Å². The lowest BCUT2D eigenvalue weighted by atomic mass is 10.1. The van der Waals surface area contributed by atoms with Crippen molar-refractivity contribution < 1.29 is 19.1 Å². The zero-order valence-corrected chi connectivity index (χ0v) is 21.4. The Labute approximate surface area is 205 Å². The molecular formula is C26H33N5O4. The molecule has 3 rings (SSSR count). The second-order valence-corrected chi connectivity index (χ2v) is 9.31. The summed E-state index contributed by atoms with van der Waals surface area (Å²) in [6, 6.07) is 7.48. The van der Waals surface area contributed by atoms with E-state index in [4.69, 9.17) is 4.74 Å². The number of hydrogen-bond donors (Lipinski definition) is 1. The van der Waals surface area contributed by atoms with Gasteiger partial charge in [0.2, 0.25) is 5.91 Å². The predicted octanol–water partition coefficient (Wildman–Crippen LogP) is 4.01. The second kappa shape index (κ2) is 10.7. The molecule has 0 bridgehead atoms. The van der Waals surface area contributed by atoms with Gasteiger partial charge in [-0.1, -0.05) is 32.0 Å². The number of rotatable bonds is 8. The lowest BCUT2D eigenvalue weighted by Crippen LogP contribution is -2.37. The third kappa shape index (κ3) is 5.85. The van der Waals surface area contributed by atoms with Crippen LogP contribution in [0.25, 0.3) is 11.0 Å². The number of amides is 2. The van der Waals surface area contributed by atoms with Gasteiger partial charge in [-0.2, -0.15) is 5.10 Å². The molecule has 0 radical (unpaired) electrons. The van der Waals surface area contributed by atoms with E-state index in [0.29, 0.717) is 16.6 Å². The van der Waals surface area contributed by atoms with Crippen molar-refractivity contribution >= 4 is 34.5 Å². The van der Waals surface area contributed by atoms with Crippen LogP contribution in [0.5, 0.6) is 0 Å². The van der Waals surface area contributed by atoms with Gasteiger partial charge in [0, 0.05) is 24.5 Å². The Hall–Kier alpha value is -3.75. The Balaban J connectivity index is 1.68. The fraction of sp³-hybridized carbons (Fsp3) is 0.423. The summed E-state index contributed by atoms with van der Waals surface area (Å²) in [6.45, 7) is 11.1. The molecule has 186 valence electrons. The van der Waals surface area contributed by atoms with Crippen LogP contribution in [0.2, 0.25) is 0 Å². The van der Waals surface area contributed by atoms with Crippen molar-refractivity contribution in [1.82, 2.24) is 19.7 Å². The number of anilines is 1. The molecule has 2 aromatic heterocycles. The molecule has 9 heteroatoms. The van der Waals surface area contributed by atoms with Gasteiger partial charge in [0.1, 0.15) is 0 Å². The topological polar surface area (TPSA) is 106 Å². The number of aromatic nitrogens is 3. The van der Waals surface area contributed by atoms with Gasteiger partial charge < -0.3 is 15.0 Å². The fourth-order valence-corrected chi connectivity index (χ4v) is 3.69. The summed E-state index contributed by atoms with van der Waals surface area (Å²) < 4.78 is 7.09. The lowest BCUT2D eigenvalue weighted by molar-refractivity contribution is -0.136. The highest BCUT2D eigenvalue weighted by atomic mass is 16.5. The first-order chi connectivity index (χ1) is 16.5. The van der Waals surface area contributed by atoms with Gasteiger partial charge in [0.05, 0.1) is 23.7 Å². The molecule has 0 fully saturated rings. The molecule has 0 spiro atoms. The van der Waals surface area contributed by atoms with E-state index in [1.54, 1.807) is 16.9 Å². The van der Waals surface area contributed by atoms with Crippen LogP contribution in [0.15, 0.2) is 30.5 Å². The number of esters is 1. The first-order valence-corrected chi connectivity index (χ1v) is 11.6. The average molecular weight is 480 g/mol. The molecule has 0 aliphatic carbocycles. The highest BCUT2D eigenvalue weighted by Gasteiger charge is 2.22. The number of carbonyl (C=O) groups is 3. The van der Waals surface area contributed by atoms with Gasteiger partial charge in [-0.3, -0.25) is 9.59 Å². The number of ether oxygens (including phenoxy) is 1. The predicted molar refractivity (Wildman–Crippen MR) is 134 cm³/mol. The third-order valence-electron chi connectivity index (χ3n) is 5.77. The molecule has 35 heavy (non-hydrogen) atoms. The van der Waals surface area contributed by atoms with E-state index in [1.807, 2.05) is 59.7 Å². The summed E-state index contributed by atoms with van der Waals surface area (Å²) >= 11 is 0. The number of nitrogens with zero attached hydrogens (tertiary/aromatic N) is 4. The van der Waals surface area contributed by atoms with E-state index in [1.165, 1.54) is 11.9 Å². The zero-order valence-electron chi connectivity index (χ0n) is 21.4. The van der Waals surface area contributed by atoms with Crippen molar-refractivity contribution in [3.63, 3.8) is 0 Å². The number of fused-ring (bicyclic) bond motifs is 1. The first kappa shape index (κ1) is 25.9. The van der Waals surface area contributed by atoms with Crippen LogP contribution in [-0.2, 0) is 14.3 Å². The summed E-state index contributed by atoms with van der Waals surface area (Å²) in [5.74, 6) is -1.36. The molecule has 2 amide bonds. The molecule has 3 aromatic rings. The number of carbonyl (C=O) groups excluding carboxylic acids is 3. The van der Waals surface area contributed by atoms with Gasteiger partial charge in [-0.15, -0.1) is 0 Å². The molecule has 1 N–H and O–H groups in total. The lowest BCUT2D eigenvalue weighted by Gasteiger charge is -2.18. The SMILES string of the molecule is Cc1cccc(C)c1NC(=O)CN(C)C(=O)COC(=O)c1cc(C(C)C)nc2c1cnn2C(C)C. The Morgan fingerprint density at radius 1 is 1.11 bits per heavy atom. The first-order valence-electron chi connectivity index (χ1n) is 11.6. The van der Waals surface area contributed by atoms with Gasteiger partial charge in [-0.05, 0) is 50.8 Å². The molecule has 9 nitrogen and oxygen atoms in total. The van der Waals surface area contributed by atoms with Gasteiger partial charge in [0.15, 0.2) is 12.3 Å². The number of para-hydroxylation sites is 1. The quantitative estimate of drug-likeness (QED) is 0.490. The zero-order chi connectivity index (χ0) is 25.9. The molecule has 1 aromatic carbocycles. The smallest absolute Gasteiger partial charge is 0.339 e. The van der Waals surface area contributed by atoms with E-state index in [2.05, 4.69) is 15.4 Å². The van der Waals surface area contributed by atoms with Crippen molar-refractivity contribution in [2.24, 2.45) is 0 Å². The number of aryl methyl sites for hydroxylation is 2.